The number of imidazole rings is 1. The lowest BCUT2D eigenvalue weighted by atomic mass is 9.92. The molecule has 0 bridgehead atoms. The summed E-state index contributed by atoms with van der Waals surface area (Å²) in [7, 11) is -3.36. The van der Waals surface area contributed by atoms with Gasteiger partial charge in [-0.25, -0.2) is 13.4 Å². The topological polar surface area (TPSA) is 62.8 Å². The van der Waals surface area contributed by atoms with Gasteiger partial charge in [0.25, 0.3) is 0 Å². The smallest absolute Gasteiger partial charge is 0.225 e. The van der Waals surface area contributed by atoms with E-state index < -0.39 is 9.84 Å². The zero-order valence-corrected chi connectivity index (χ0v) is 12.8. The summed E-state index contributed by atoms with van der Waals surface area (Å²) >= 11 is 0. The number of aromatic amines is 1. The number of nitrogens with one attached hydrogen (secondary N) is 1. The summed E-state index contributed by atoms with van der Waals surface area (Å²) in [6.45, 7) is 0. The Labute approximate surface area is 128 Å². The van der Waals surface area contributed by atoms with Crippen molar-refractivity contribution in [2.75, 3.05) is 6.26 Å². The van der Waals surface area contributed by atoms with Crippen molar-refractivity contribution in [3.8, 4) is 11.3 Å². The third-order valence-corrected chi connectivity index (χ3v) is 4.91. The number of nitrogens with zero attached hydrogens (tertiary/aromatic N) is 1. The van der Waals surface area contributed by atoms with Gasteiger partial charge < -0.3 is 4.98 Å². The van der Waals surface area contributed by atoms with Crippen LogP contribution < -0.4 is 0 Å². The molecule has 3 aromatic rings. The molecule has 1 aromatic heterocycles. The molecule has 1 aliphatic carbocycles. The molecule has 1 atom stereocenters. The molecule has 0 aliphatic heterocycles. The first-order valence-corrected chi connectivity index (χ1v) is 8.89. The van der Waals surface area contributed by atoms with Gasteiger partial charge in [0.2, 0.25) is 15.0 Å². The fourth-order valence-corrected chi connectivity index (χ4v) is 3.62. The molecule has 0 spiro atoms. The molecule has 1 heterocycles. The maximum Gasteiger partial charge on any atom is 0.225 e. The van der Waals surface area contributed by atoms with E-state index in [0.29, 0.717) is 0 Å². The van der Waals surface area contributed by atoms with Gasteiger partial charge >= 0.3 is 0 Å². The first-order chi connectivity index (χ1) is 10.6. The van der Waals surface area contributed by atoms with E-state index in [9.17, 15) is 8.42 Å². The van der Waals surface area contributed by atoms with Crippen LogP contribution in [-0.2, 0) is 9.84 Å². The predicted octanol–water partition coefficient (Wildman–Crippen LogP) is 2.97. The highest BCUT2D eigenvalue weighted by Gasteiger charge is 2.34. The maximum absolute atomic E-state index is 11.8. The second-order valence-corrected chi connectivity index (χ2v) is 7.44. The van der Waals surface area contributed by atoms with E-state index in [1.165, 1.54) is 6.26 Å². The van der Waals surface area contributed by atoms with Gasteiger partial charge in [-0.15, -0.1) is 0 Å². The van der Waals surface area contributed by atoms with E-state index in [2.05, 4.69) is 28.2 Å². The quantitative estimate of drug-likeness (QED) is 0.619. The molecular formula is C17H14N2O2S. The molecule has 5 heteroatoms. The zero-order valence-electron chi connectivity index (χ0n) is 11.9. The monoisotopic (exact) mass is 310 g/mol. The Morgan fingerprint density at radius 3 is 2.41 bits per heavy atom. The third-order valence-electron chi connectivity index (χ3n) is 4.01. The Bertz CT molecular complexity index is 959. The normalized spacial score (nSPS) is 16.3. The van der Waals surface area contributed by atoms with Gasteiger partial charge in [-0.05, 0) is 11.1 Å². The molecule has 0 fully saturated rings. The molecule has 4 rings (SSSR count). The average molecular weight is 310 g/mol. The van der Waals surface area contributed by atoms with Crippen molar-refractivity contribution < 1.29 is 8.42 Å². The third kappa shape index (κ3) is 1.89. The predicted molar refractivity (Wildman–Crippen MR) is 84.5 cm³/mol. The summed E-state index contributed by atoms with van der Waals surface area (Å²) in [5.41, 5.74) is 4.87. The largest absolute Gasteiger partial charge is 0.331 e. The lowest BCUT2D eigenvalue weighted by molar-refractivity contribution is 0.594. The molecule has 0 radical (unpaired) electrons. The van der Waals surface area contributed by atoms with E-state index in [1.54, 1.807) is 0 Å². The van der Waals surface area contributed by atoms with Crippen LogP contribution in [0.3, 0.4) is 0 Å². The Hall–Kier alpha value is -2.40. The van der Waals surface area contributed by atoms with Crippen LogP contribution in [0.25, 0.3) is 11.3 Å². The Kier molecular flexibility index (Phi) is 2.74. The van der Waals surface area contributed by atoms with Crippen molar-refractivity contribution in [2.45, 2.75) is 11.1 Å². The van der Waals surface area contributed by atoms with Crippen molar-refractivity contribution >= 4 is 9.84 Å². The van der Waals surface area contributed by atoms with E-state index in [4.69, 9.17) is 0 Å². The number of fused-ring (bicyclic) bond motifs is 3. The van der Waals surface area contributed by atoms with Gasteiger partial charge in [-0.2, -0.15) is 0 Å². The van der Waals surface area contributed by atoms with Crippen molar-refractivity contribution in [1.29, 1.82) is 0 Å². The van der Waals surface area contributed by atoms with Gasteiger partial charge in [0.05, 0.1) is 17.3 Å². The summed E-state index contributed by atoms with van der Waals surface area (Å²) in [5, 5.41) is 0.0351. The molecule has 2 aromatic carbocycles. The van der Waals surface area contributed by atoms with Gasteiger partial charge in [0, 0.05) is 11.8 Å². The number of hydrogen-bond acceptors (Lipinski definition) is 3. The minimum absolute atomic E-state index is 0.00426. The molecule has 22 heavy (non-hydrogen) atoms. The number of benzene rings is 2. The van der Waals surface area contributed by atoms with Crippen LogP contribution in [0.15, 0.2) is 59.8 Å². The number of hydrogen-bond donors (Lipinski definition) is 1. The summed E-state index contributed by atoms with van der Waals surface area (Å²) < 4.78 is 23.6. The van der Waals surface area contributed by atoms with Crippen LogP contribution in [0, 0.1) is 0 Å². The van der Waals surface area contributed by atoms with Gasteiger partial charge in [-0.3, -0.25) is 0 Å². The van der Waals surface area contributed by atoms with Crippen LogP contribution in [0.5, 0.6) is 0 Å². The molecule has 1 aliphatic rings. The molecule has 0 amide bonds. The lowest BCUT2D eigenvalue weighted by Gasteiger charge is -2.13. The van der Waals surface area contributed by atoms with E-state index in [1.807, 2.05) is 36.4 Å². The SMILES string of the molecule is CS(=O)(=O)c1nc2c([nH]1)C(c1ccccc1)c1ccccc1-2. The molecule has 1 unspecified atom stereocenters. The van der Waals surface area contributed by atoms with Crippen LogP contribution in [0.1, 0.15) is 22.7 Å². The number of H-pyrrole nitrogens is 1. The van der Waals surface area contributed by atoms with Gasteiger partial charge in [0.1, 0.15) is 0 Å². The highest BCUT2D eigenvalue weighted by Crippen LogP contribution is 2.46. The van der Waals surface area contributed by atoms with Crippen molar-refractivity contribution in [2.24, 2.45) is 0 Å². The summed E-state index contributed by atoms with van der Waals surface area (Å²) in [4.78, 5) is 7.37. The minimum atomic E-state index is -3.36. The standard InChI is InChI=1S/C17H14N2O2S/c1-22(20,21)17-18-15-13-10-6-5-9-12(13)14(16(15)19-17)11-7-3-2-4-8-11/h2-10,14H,1H3,(H,18,19). The van der Waals surface area contributed by atoms with E-state index in [0.717, 1.165) is 28.1 Å². The maximum atomic E-state index is 11.8. The average Bonchev–Trinajstić information content (AvgIpc) is 3.05. The first-order valence-electron chi connectivity index (χ1n) is 7.00. The molecule has 1 N–H and O–H groups in total. The van der Waals surface area contributed by atoms with Crippen LogP contribution in [0.4, 0.5) is 0 Å². The molecule has 110 valence electrons. The van der Waals surface area contributed by atoms with E-state index >= 15 is 0 Å². The van der Waals surface area contributed by atoms with Gasteiger partial charge in [-0.1, -0.05) is 54.6 Å². The lowest BCUT2D eigenvalue weighted by Crippen LogP contribution is -2.03. The highest BCUT2D eigenvalue weighted by atomic mass is 32.2. The fourth-order valence-electron chi connectivity index (χ4n) is 3.07. The minimum Gasteiger partial charge on any atom is -0.331 e. The van der Waals surface area contributed by atoms with Crippen LogP contribution >= 0.6 is 0 Å². The molecule has 0 saturated carbocycles. The van der Waals surface area contributed by atoms with E-state index in [-0.39, 0.29) is 11.1 Å². The molecular weight excluding hydrogens is 296 g/mol. The summed E-state index contributed by atoms with van der Waals surface area (Å²) in [5.74, 6) is -0.00426. The second-order valence-electron chi connectivity index (χ2n) is 5.51. The second kappa shape index (κ2) is 4.55. The van der Waals surface area contributed by atoms with Crippen molar-refractivity contribution in [1.82, 2.24) is 9.97 Å². The Morgan fingerprint density at radius 2 is 1.68 bits per heavy atom. The Morgan fingerprint density at radius 1 is 1.00 bits per heavy atom. The summed E-state index contributed by atoms with van der Waals surface area (Å²) in [6.07, 6.45) is 1.17. The number of aromatic nitrogens is 2. The summed E-state index contributed by atoms with van der Waals surface area (Å²) in [6, 6.07) is 18.1. The molecule has 0 saturated heterocycles. The Balaban J connectivity index is 2.00. The van der Waals surface area contributed by atoms with Crippen LogP contribution in [0.2, 0.25) is 0 Å². The van der Waals surface area contributed by atoms with Crippen molar-refractivity contribution in [3.05, 3.63) is 71.4 Å². The van der Waals surface area contributed by atoms with Crippen LogP contribution in [-0.4, -0.2) is 24.6 Å². The van der Waals surface area contributed by atoms with Crippen molar-refractivity contribution in [3.63, 3.8) is 0 Å². The number of sulfone groups is 1. The first kappa shape index (κ1) is 13.3. The zero-order chi connectivity index (χ0) is 15.3. The number of rotatable bonds is 2. The molecule has 4 nitrogen and oxygen atoms in total. The highest BCUT2D eigenvalue weighted by molar-refractivity contribution is 7.90. The fraction of sp³-hybridized carbons (Fsp3) is 0.118. The van der Waals surface area contributed by atoms with Gasteiger partial charge in [0.15, 0.2) is 0 Å².